The number of methoxy groups -OCH3 is 1. The van der Waals surface area contributed by atoms with E-state index < -0.39 is 0 Å². The topological polar surface area (TPSA) is 47.7 Å². The van der Waals surface area contributed by atoms with E-state index in [2.05, 4.69) is 23.7 Å². The molecule has 2 aromatic rings. The zero-order valence-corrected chi connectivity index (χ0v) is 13.3. The standard InChI is InChI=1S/C17H22N2O3/c1-12-9-19(10-13(2)21-12)11-17-18-8-16(22-17)14-4-6-15(20-3)7-5-14/h4-8,12-13H,9-11H2,1-3H3/t12-,13-/m1/s1. The van der Waals surface area contributed by atoms with Crippen LogP contribution in [0.25, 0.3) is 11.3 Å². The smallest absolute Gasteiger partial charge is 0.209 e. The van der Waals surface area contributed by atoms with E-state index in [0.29, 0.717) is 6.54 Å². The highest BCUT2D eigenvalue weighted by atomic mass is 16.5. The molecule has 118 valence electrons. The fraction of sp³-hybridized carbons (Fsp3) is 0.471. The second kappa shape index (κ2) is 6.50. The van der Waals surface area contributed by atoms with Gasteiger partial charge in [0, 0.05) is 18.7 Å². The molecule has 0 spiro atoms. The monoisotopic (exact) mass is 302 g/mol. The van der Waals surface area contributed by atoms with Gasteiger partial charge >= 0.3 is 0 Å². The maximum absolute atomic E-state index is 5.88. The average molecular weight is 302 g/mol. The first kappa shape index (κ1) is 15.1. The molecule has 0 saturated carbocycles. The number of hydrogen-bond donors (Lipinski definition) is 0. The van der Waals surface area contributed by atoms with Crippen LogP contribution < -0.4 is 4.74 Å². The predicted molar refractivity (Wildman–Crippen MR) is 83.8 cm³/mol. The van der Waals surface area contributed by atoms with Gasteiger partial charge in [0.1, 0.15) is 5.75 Å². The Bertz CT molecular complexity index is 599. The van der Waals surface area contributed by atoms with Crippen LogP contribution in [-0.2, 0) is 11.3 Å². The Morgan fingerprint density at radius 3 is 2.50 bits per heavy atom. The molecule has 0 aliphatic carbocycles. The Morgan fingerprint density at radius 2 is 1.86 bits per heavy atom. The van der Waals surface area contributed by atoms with Crippen molar-refractivity contribution >= 4 is 0 Å². The van der Waals surface area contributed by atoms with Crippen molar-refractivity contribution in [3.63, 3.8) is 0 Å². The summed E-state index contributed by atoms with van der Waals surface area (Å²) >= 11 is 0. The molecule has 2 heterocycles. The van der Waals surface area contributed by atoms with Gasteiger partial charge in [-0.15, -0.1) is 0 Å². The summed E-state index contributed by atoms with van der Waals surface area (Å²) in [7, 11) is 1.66. The number of ether oxygens (including phenoxy) is 2. The van der Waals surface area contributed by atoms with Crippen molar-refractivity contribution < 1.29 is 13.9 Å². The van der Waals surface area contributed by atoms with Crippen LogP contribution in [0.5, 0.6) is 5.75 Å². The van der Waals surface area contributed by atoms with Crippen LogP contribution in [0.4, 0.5) is 0 Å². The number of hydrogen-bond acceptors (Lipinski definition) is 5. The van der Waals surface area contributed by atoms with Crippen LogP contribution in [0.15, 0.2) is 34.9 Å². The fourth-order valence-electron chi connectivity index (χ4n) is 2.88. The lowest BCUT2D eigenvalue weighted by Crippen LogP contribution is -2.44. The van der Waals surface area contributed by atoms with Gasteiger partial charge in [-0.05, 0) is 38.1 Å². The Labute approximate surface area is 130 Å². The van der Waals surface area contributed by atoms with E-state index in [9.17, 15) is 0 Å². The molecular formula is C17H22N2O3. The molecule has 0 N–H and O–H groups in total. The van der Waals surface area contributed by atoms with E-state index in [4.69, 9.17) is 13.9 Å². The van der Waals surface area contributed by atoms with E-state index in [1.165, 1.54) is 0 Å². The number of benzene rings is 1. The van der Waals surface area contributed by atoms with Gasteiger partial charge in [-0.2, -0.15) is 0 Å². The van der Waals surface area contributed by atoms with Crippen molar-refractivity contribution in [2.75, 3.05) is 20.2 Å². The molecule has 1 aliphatic heterocycles. The zero-order chi connectivity index (χ0) is 15.5. The van der Waals surface area contributed by atoms with Gasteiger partial charge in [-0.1, -0.05) is 0 Å². The van der Waals surface area contributed by atoms with Crippen LogP contribution in [-0.4, -0.2) is 42.3 Å². The van der Waals surface area contributed by atoms with Crippen molar-refractivity contribution in [2.45, 2.75) is 32.6 Å². The molecule has 5 heteroatoms. The fourth-order valence-corrected chi connectivity index (χ4v) is 2.88. The van der Waals surface area contributed by atoms with Gasteiger partial charge in [0.2, 0.25) is 5.89 Å². The molecule has 1 aromatic heterocycles. The number of aromatic nitrogens is 1. The third-order valence-corrected chi connectivity index (χ3v) is 3.78. The first-order chi connectivity index (χ1) is 10.6. The average Bonchev–Trinajstić information content (AvgIpc) is 2.95. The van der Waals surface area contributed by atoms with E-state index >= 15 is 0 Å². The molecule has 1 saturated heterocycles. The number of nitrogens with zero attached hydrogens (tertiary/aromatic N) is 2. The summed E-state index contributed by atoms with van der Waals surface area (Å²) in [5, 5.41) is 0. The summed E-state index contributed by atoms with van der Waals surface area (Å²) in [6, 6.07) is 7.79. The molecule has 0 bridgehead atoms. The molecule has 0 unspecified atom stereocenters. The van der Waals surface area contributed by atoms with Gasteiger partial charge in [-0.3, -0.25) is 4.90 Å². The van der Waals surface area contributed by atoms with Crippen LogP contribution >= 0.6 is 0 Å². The summed E-state index contributed by atoms with van der Waals surface area (Å²) in [5.74, 6) is 2.36. The summed E-state index contributed by atoms with van der Waals surface area (Å²) in [4.78, 5) is 6.72. The second-order valence-corrected chi connectivity index (χ2v) is 5.80. The van der Waals surface area contributed by atoms with Gasteiger partial charge in [0.05, 0.1) is 32.1 Å². The maximum atomic E-state index is 5.88. The largest absolute Gasteiger partial charge is 0.497 e. The molecule has 1 aliphatic rings. The van der Waals surface area contributed by atoms with E-state index in [1.54, 1.807) is 13.3 Å². The van der Waals surface area contributed by atoms with Crippen molar-refractivity contribution in [1.82, 2.24) is 9.88 Å². The van der Waals surface area contributed by atoms with Gasteiger partial charge < -0.3 is 13.9 Å². The van der Waals surface area contributed by atoms with Gasteiger partial charge in [-0.25, -0.2) is 4.98 Å². The van der Waals surface area contributed by atoms with E-state index in [0.717, 1.165) is 36.1 Å². The summed E-state index contributed by atoms with van der Waals surface area (Å²) < 4.78 is 16.8. The summed E-state index contributed by atoms with van der Waals surface area (Å²) in [6.07, 6.45) is 2.28. The molecule has 3 rings (SSSR count). The molecule has 1 aromatic carbocycles. The minimum Gasteiger partial charge on any atom is -0.497 e. The Morgan fingerprint density at radius 1 is 1.18 bits per heavy atom. The first-order valence-corrected chi connectivity index (χ1v) is 7.61. The van der Waals surface area contributed by atoms with Crippen molar-refractivity contribution in [3.05, 3.63) is 36.4 Å². The summed E-state index contributed by atoms with van der Waals surface area (Å²) in [6.45, 7) is 6.73. The highest BCUT2D eigenvalue weighted by Gasteiger charge is 2.23. The van der Waals surface area contributed by atoms with E-state index in [-0.39, 0.29) is 12.2 Å². The van der Waals surface area contributed by atoms with Crippen LogP contribution in [0, 0.1) is 0 Å². The lowest BCUT2D eigenvalue weighted by molar-refractivity contribution is -0.0721. The number of morpholine rings is 1. The minimum absolute atomic E-state index is 0.250. The Kier molecular flexibility index (Phi) is 4.45. The van der Waals surface area contributed by atoms with Crippen molar-refractivity contribution in [3.8, 4) is 17.1 Å². The highest BCUT2D eigenvalue weighted by Crippen LogP contribution is 2.24. The third-order valence-electron chi connectivity index (χ3n) is 3.78. The second-order valence-electron chi connectivity index (χ2n) is 5.80. The molecule has 0 radical (unpaired) electrons. The number of oxazole rings is 1. The van der Waals surface area contributed by atoms with Gasteiger partial charge in [0.15, 0.2) is 5.76 Å². The molecule has 1 fully saturated rings. The molecular weight excluding hydrogens is 280 g/mol. The van der Waals surface area contributed by atoms with Gasteiger partial charge in [0.25, 0.3) is 0 Å². The SMILES string of the molecule is COc1ccc(-c2cnc(CN3C[C@@H](C)O[C@H](C)C3)o2)cc1. The molecule has 0 amide bonds. The highest BCUT2D eigenvalue weighted by molar-refractivity contribution is 5.57. The van der Waals surface area contributed by atoms with Crippen LogP contribution in [0.3, 0.4) is 0 Å². The maximum Gasteiger partial charge on any atom is 0.209 e. The lowest BCUT2D eigenvalue weighted by Gasteiger charge is -2.34. The Balaban J connectivity index is 1.68. The van der Waals surface area contributed by atoms with Crippen molar-refractivity contribution in [1.29, 1.82) is 0 Å². The number of rotatable bonds is 4. The molecule has 2 atom stereocenters. The quantitative estimate of drug-likeness (QED) is 0.869. The third kappa shape index (κ3) is 3.48. The zero-order valence-electron chi connectivity index (χ0n) is 13.3. The predicted octanol–water partition coefficient (Wildman–Crippen LogP) is 2.96. The van der Waals surface area contributed by atoms with E-state index in [1.807, 2.05) is 24.3 Å². The van der Waals surface area contributed by atoms with Crippen molar-refractivity contribution in [2.24, 2.45) is 0 Å². The van der Waals surface area contributed by atoms with Crippen LogP contribution in [0.1, 0.15) is 19.7 Å². The van der Waals surface area contributed by atoms with Crippen LogP contribution in [0.2, 0.25) is 0 Å². The lowest BCUT2D eigenvalue weighted by atomic mass is 10.2. The Hall–Kier alpha value is -1.85. The summed E-state index contributed by atoms with van der Waals surface area (Å²) in [5.41, 5.74) is 1.00. The minimum atomic E-state index is 0.250. The molecule has 5 nitrogen and oxygen atoms in total. The first-order valence-electron chi connectivity index (χ1n) is 7.61. The normalized spacial score (nSPS) is 22.7. The molecule has 22 heavy (non-hydrogen) atoms.